The van der Waals surface area contributed by atoms with Gasteiger partial charge in [-0.2, -0.15) is 10.4 Å². The summed E-state index contributed by atoms with van der Waals surface area (Å²) in [5.74, 6) is 0.525. The first kappa shape index (κ1) is 7.17. The highest BCUT2D eigenvalue weighted by Gasteiger charge is 2.28. The van der Waals surface area contributed by atoms with E-state index in [4.69, 9.17) is 11.0 Å². The highest BCUT2D eigenvalue weighted by Crippen LogP contribution is 2.37. The third-order valence-electron chi connectivity index (χ3n) is 2.13. The van der Waals surface area contributed by atoms with Gasteiger partial charge in [0, 0.05) is 0 Å². The van der Waals surface area contributed by atoms with Crippen LogP contribution in [-0.2, 0) is 0 Å². The molecule has 1 aliphatic rings. The number of aryl methyl sites for hydroxylation is 1. The minimum atomic E-state index is 0.450. The molecule has 0 bridgehead atoms. The van der Waals surface area contributed by atoms with Crippen molar-refractivity contribution in [3.63, 3.8) is 0 Å². The van der Waals surface area contributed by atoms with Crippen LogP contribution in [0.15, 0.2) is 0 Å². The van der Waals surface area contributed by atoms with E-state index in [0.29, 0.717) is 17.4 Å². The standard InChI is InChI=1S/C8H10N4/c1-5-7(4-9)8(10)12(11-5)6-2-3-6/h6H,2-3,10H2,1H3. The molecule has 1 aromatic rings. The van der Waals surface area contributed by atoms with Crippen LogP contribution in [0.25, 0.3) is 0 Å². The molecule has 1 aromatic heterocycles. The second-order valence-corrected chi connectivity index (χ2v) is 3.13. The van der Waals surface area contributed by atoms with E-state index < -0.39 is 0 Å². The molecule has 0 aromatic carbocycles. The molecular weight excluding hydrogens is 152 g/mol. The highest BCUT2D eigenvalue weighted by atomic mass is 15.3. The molecule has 1 saturated carbocycles. The molecule has 0 aliphatic heterocycles. The van der Waals surface area contributed by atoms with Gasteiger partial charge in [0.1, 0.15) is 17.5 Å². The van der Waals surface area contributed by atoms with Crippen LogP contribution in [0, 0.1) is 18.3 Å². The average molecular weight is 162 g/mol. The molecule has 4 heteroatoms. The lowest BCUT2D eigenvalue weighted by molar-refractivity contribution is 0.645. The lowest BCUT2D eigenvalue weighted by Gasteiger charge is -1.98. The first-order valence-electron chi connectivity index (χ1n) is 3.98. The quantitative estimate of drug-likeness (QED) is 0.669. The smallest absolute Gasteiger partial charge is 0.140 e. The summed E-state index contributed by atoms with van der Waals surface area (Å²) in [4.78, 5) is 0. The van der Waals surface area contributed by atoms with Crippen molar-refractivity contribution in [3.05, 3.63) is 11.3 Å². The summed E-state index contributed by atoms with van der Waals surface area (Å²) < 4.78 is 1.77. The predicted octanol–water partition coefficient (Wildman–Crippen LogP) is 0.980. The van der Waals surface area contributed by atoms with E-state index in [1.165, 1.54) is 0 Å². The normalized spacial score (nSPS) is 16.0. The van der Waals surface area contributed by atoms with Crippen LogP contribution in [0.4, 0.5) is 5.82 Å². The van der Waals surface area contributed by atoms with Crippen molar-refractivity contribution in [2.24, 2.45) is 0 Å². The number of rotatable bonds is 1. The van der Waals surface area contributed by atoms with Crippen LogP contribution in [0.3, 0.4) is 0 Å². The van der Waals surface area contributed by atoms with Crippen molar-refractivity contribution in [2.45, 2.75) is 25.8 Å². The Kier molecular flexibility index (Phi) is 1.34. The average Bonchev–Trinajstić information content (AvgIpc) is 2.80. The van der Waals surface area contributed by atoms with E-state index in [-0.39, 0.29) is 0 Å². The van der Waals surface area contributed by atoms with Crippen LogP contribution in [-0.4, -0.2) is 9.78 Å². The molecule has 2 N–H and O–H groups in total. The van der Waals surface area contributed by atoms with Crippen molar-refractivity contribution in [2.75, 3.05) is 5.73 Å². The number of aromatic nitrogens is 2. The summed E-state index contributed by atoms with van der Waals surface area (Å²) >= 11 is 0. The van der Waals surface area contributed by atoms with Gasteiger partial charge in [-0.3, -0.25) is 0 Å². The zero-order valence-electron chi connectivity index (χ0n) is 6.91. The lowest BCUT2D eigenvalue weighted by Crippen LogP contribution is -2.02. The SMILES string of the molecule is Cc1nn(C2CC2)c(N)c1C#N. The fourth-order valence-electron chi connectivity index (χ4n) is 1.30. The number of nitrogen functional groups attached to an aromatic ring is 1. The number of nitrogens with zero attached hydrogens (tertiary/aromatic N) is 3. The Labute approximate surface area is 70.6 Å². The number of hydrogen-bond donors (Lipinski definition) is 1. The summed E-state index contributed by atoms with van der Waals surface area (Å²) in [5.41, 5.74) is 7.00. The monoisotopic (exact) mass is 162 g/mol. The number of hydrogen-bond acceptors (Lipinski definition) is 3. The van der Waals surface area contributed by atoms with Gasteiger partial charge in [0.05, 0.1) is 11.7 Å². The second-order valence-electron chi connectivity index (χ2n) is 3.13. The van der Waals surface area contributed by atoms with Gasteiger partial charge in [-0.05, 0) is 19.8 Å². The van der Waals surface area contributed by atoms with E-state index in [1.54, 1.807) is 4.68 Å². The molecule has 0 radical (unpaired) electrons. The van der Waals surface area contributed by atoms with Crippen molar-refractivity contribution >= 4 is 5.82 Å². The fraction of sp³-hybridized carbons (Fsp3) is 0.500. The Hall–Kier alpha value is -1.50. The van der Waals surface area contributed by atoms with Crippen LogP contribution in [0.2, 0.25) is 0 Å². The molecule has 2 rings (SSSR count). The van der Waals surface area contributed by atoms with Gasteiger partial charge in [-0.25, -0.2) is 4.68 Å². The van der Waals surface area contributed by atoms with Gasteiger partial charge >= 0.3 is 0 Å². The molecule has 12 heavy (non-hydrogen) atoms. The largest absolute Gasteiger partial charge is 0.383 e. The first-order chi connectivity index (χ1) is 5.74. The molecule has 0 amide bonds. The van der Waals surface area contributed by atoms with Gasteiger partial charge < -0.3 is 5.73 Å². The molecule has 4 nitrogen and oxygen atoms in total. The maximum absolute atomic E-state index is 8.73. The predicted molar refractivity (Wildman–Crippen MR) is 44.4 cm³/mol. The summed E-state index contributed by atoms with van der Waals surface area (Å²) in [6.07, 6.45) is 2.27. The number of nitrogens with two attached hydrogens (primary N) is 1. The molecule has 0 unspecified atom stereocenters. The zero-order chi connectivity index (χ0) is 8.72. The van der Waals surface area contributed by atoms with Crippen molar-refractivity contribution in [1.29, 1.82) is 5.26 Å². The van der Waals surface area contributed by atoms with Crippen LogP contribution >= 0.6 is 0 Å². The van der Waals surface area contributed by atoms with E-state index >= 15 is 0 Å². The van der Waals surface area contributed by atoms with E-state index in [9.17, 15) is 0 Å². The summed E-state index contributed by atoms with van der Waals surface area (Å²) in [5, 5.41) is 12.9. The van der Waals surface area contributed by atoms with E-state index in [0.717, 1.165) is 18.5 Å². The Balaban J connectivity index is 2.51. The lowest BCUT2D eigenvalue weighted by atomic mass is 10.3. The number of nitriles is 1. The van der Waals surface area contributed by atoms with Crippen LogP contribution in [0.1, 0.15) is 30.1 Å². The van der Waals surface area contributed by atoms with E-state index in [2.05, 4.69) is 11.2 Å². The Morgan fingerprint density at radius 1 is 1.67 bits per heavy atom. The zero-order valence-corrected chi connectivity index (χ0v) is 6.91. The van der Waals surface area contributed by atoms with Gasteiger partial charge in [-0.15, -0.1) is 0 Å². The summed E-state index contributed by atoms with van der Waals surface area (Å²) in [7, 11) is 0. The highest BCUT2D eigenvalue weighted by molar-refractivity contribution is 5.52. The maximum Gasteiger partial charge on any atom is 0.140 e. The molecule has 1 heterocycles. The Morgan fingerprint density at radius 3 is 2.75 bits per heavy atom. The fourth-order valence-corrected chi connectivity index (χ4v) is 1.30. The minimum Gasteiger partial charge on any atom is -0.383 e. The first-order valence-corrected chi connectivity index (χ1v) is 3.98. The molecular formula is C8H10N4. The third kappa shape index (κ3) is 0.866. The van der Waals surface area contributed by atoms with Crippen molar-refractivity contribution in [3.8, 4) is 6.07 Å². The third-order valence-corrected chi connectivity index (χ3v) is 2.13. The topological polar surface area (TPSA) is 67.6 Å². The van der Waals surface area contributed by atoms with Gasteiger partial charge in [0.25, 0.3) is 0 Å². The number of anilines is 1. The second kappa shape index (κ2) is 2.24. The van der Waals surface area contributed by atoms with Crippen molar-refractivity contribution < 1.29 is 0 Å². The maximum atomic E-state index is 8.73. The molecule has 0 spiro atoms. The molecule has 0 atom stereocenters. The molecule has 0 saturated heterocycles. The minimum absolute atomic E-state index is 0.450. The summed E-state index contributed by atoms with van der Waals surface area (Å²) in [6.45, 7) is 1.81. The molecule has 62 valence electrons. The van der Waals surface area contributed by atoms with Gasteiger partial charge in [-0.1, -0.05) is 0 Å². The van der Waals surface area contributed by atoms with E-state index in [1.807, 2.05) is 6.92 Å². The van der Waals surface area contributed by atoms with Gasteiger partial charge in [0.15, 0.2) is 0 Å². The molecule has 1 aliphatic carbocycles. The molecule has 1 fully saturated rings. The Bertz CT molecular complexity index is 354. The van der Waals surface area contributed by atoms with Gasteiger partial charge in [0.2, 0.25) is 0 Å². The van der Waals surface area contributed by atoms with Crippen molar-refractivity contribution in [1.82, 2.24) is 9.78 Å². The van der Waals surface area contributed by atoms with Crippen LogP contribution in [0.5, 0.6) is 0 Å². The summed E-state index contributed by atoms with van der Waals surface area (Å²) in [6, 6.07) is 2.51. The van der Waals surface area contributed by atoms with Crippen LogP contribution < -0.4 is 5.73 Å². The Morgan fingerprint density at radius 2 is 2.33 bits per heavy atom.